The molecule has 7 nitrogen and oxygen atoms in total. The second-order valence-electron chi connectivity index (χ2n) is 6.61. The molecule has 0 spiro atoms. The van der Waals surface area contributed by atoms with Crippen molar-refractivity contribution in [2.24, 2.45) is 5.92 Å². The molecule has 1 saturated heterocycles. The van der Waals surface area contributed by atoms with E-state index in [0.29, 0.717) is 43.3 Å². The first-order valence-electron chi connectivity index (χ1n) is 9.04. The molecule has 1 aliphatic heterocycles. The highest BCUT2D eigenvalue weighted by Gasteiger charge is 2.29. The van der Waals surface area contributed by atoms with Crippen LogP contribution in [0, 0.1) is 17.2 Å². The first kappa shape index (κ1) is 17.3. The lowest BCUT2D eigenvalue weighted by molar-refractivity contribution is 0.141. The van der Waals surface area contributed by atoms with Gasteiger partial charge in [0.05, 0.1) is 23.5 Å². The van der Waals surface area contributed by atoms with E-state index in [1.165, 1.54) is 0 Å². The number of fused-ring (bicyclic) bond motifs is 1. The molecule has 0 radical (unpaired) electrons. The zero-order valence-corrected chi connectivity index (χ0v) is 14.9. The van der Waals surface area contributed by atoms with Crippen LogP contribution in [0.3, 0.4) is 0 Å². The van der Waals surface area contributed by atoms with Crippen molar-refractivity contribution >= 4 is 16.7 Å². The van der Waals surface area contributed by atoms with E-state index in [1.807, 2.05) is 41.1 Å². The fraction of sp³-hybridized carbons (Fsp3) is 0.350. The molecule has 1 aliphatic rings. The first-order valence-corrected chi connectivity index (χ1v) is 9.04. The highest BCUT2D eigenvalue weighted by Crippen LogP contribution is 2.35. The lowest BCUT2D eigenvalue weighted by Crippen LogP contribution is -2.19. The summed E-state index contributed by atoms with van der Waals surface area (Å²) in [6, 6.07) is 14.1. The van der Waals surface area contributed by atoms with Crippen molar-refractivity contribution in [3.63, 3.8) is 0 Å². The molecule has 0 aliphatic carbocycles. The van der Waals surface area contributed by atoms with Crippen molar-refractivity contribution in [1.82, 2.24) is 14.8 Å². The maximum absolute atomic E-state index is 9.58. The Bertz CT molecular complexity index is 964. The number of anilines is 1. The van der Waals surface area contributed by atoms with E-state index in [0.717, 1.165) is 17.5 Å². The number of ether oxygens (including phenoxy) is 2. The molecular formula is C20H21N5O2. The van der Waals surface area contributed by atoms with Gasteiger partial charge in [0.1, 0.15) is 12.0 Å². The van der Waals surface area contributed by atoms with Crippen LogP contribution in [0.4, 0.5) is 5.82 Å². The number of aromatic nitrogens is 3. The molecule has 138 valence electrons. The van der Waals surface area contributed by atoms with Gasteiger partial charge in [-0.25, -0.2) is 4.98 Å². The zero-order valence-electron chi connectivity index (χ0n) is 14.9. The molecule has 2 atom stereocenters. The first-order chi connectivity index (χ1) is 13.3. The summed E-state index contributed by atoms with van der Waals surface area (Å²) in [5.41, 5.74) is 8.09. The number of nitrogens with zero attached hydrogens (tertiary/aromatic N) is 4. The molecule has 1 aromatic carbocycles. The number of hydrogen-bond donors (Lipinski definition) is 1. The topological polar surface area (TPSA) is 99.0 Å². The smallest absolute Gasteiger partial charge is 0.227 e. The second-order valence-corrected chi connectivity index (χ2v) is 6.61. The second kappa shape index (κ2) is 7.64. The average Bonchev–Trinajstić information content (AvgIpc) is 2.89. The number of nitrogens with two attached hydrogens (primary N) is 1. The molecule has 27 heavy (non-hydrogen) atoms. The number of nitriles is 1. The molecule has 2 N–H and O–H groups in total. The zero-order chi connectivity index (χ0) is 18.6. The molecule has 0 bridgehead atoms. The summed E-state index contributed by atoms with van der Waals surface area (Å²) >= 11 is 0. The predicted molar refractivity (Wildman–Crippen MR) is 101 cm³/mol. The fourth-order valence-electron chi connectivity index (χ4n) is 3.53. The van der Waals surface area contributed by atoms with E-state index in [9.17, 15) is 5.26 Å². The van der Waals surface area contributed by atoms with Crippen molar-refractivity contribution in [2.75, 3.05) is 18.9 Å². The Morgan fingerprint density at radius 2 is 2.04 bits per heavy atom. The maximum Gasteiger partial charge on any atom is 0.227 e. The normalized spacial score (nSPS) is 20.1. The Hall–Kier alpha value is -3.11. The van der Waals surface area contributed by atoms with Gasteiger partial charge < -0.3 is 15.2 Å². The molecule has 3 heterocycles. The summed E-state index contributed by atoms with van der Waals surface area (Å²) in [6.07, 6.45) is 3.09. The number of pyridine rings is 1. The summed E-state index contributed by atoms with van der Waals surface area (Å²) in [6.45, 7) is 1.60. The summed E-state index contributed by atoms with van der Waals surface area (Å²) in [5.74, 6) is 0.651. The minimum absolute atomic E-state index is 0.0818. The molecular weight excluding hydrogens is 342 g/mol. The van der Waals surface area contributed by atoms with Crippen LogP contribution in [0.1, 0.15) is 24.4 Å². The van der Waals surface area contributed by atoms with E-state index in [-0.39, 0.29) is 12.0 Å². The largest absolute Gasteiger partial charge is 0.472 e. The van der Waals surface area contributed by atoms with Crippen LogP contribution in [0.2, 0.25) is 0 Å². The third-order valence-electron chi connectivity index (χ3n) is 4.91. The van der Waals surface area contributed by atoms with Crippen LogP contribution in [0.5, 0.6) is 5.88 Å². The lowest BCUT2D eigenvalue weighted by atomic mass is 9.96. The van der Waals surface area contributed by atoms with Gasteiger partial charge in [0.25, 0.3) is 0 Å². The summed E-state index contributed by atoms with van der Waals surface area (Å²) in [5, 5.41) is 14.8. The summed E-state index contributed by atoms with van der Waals surface area (Å²) < 4.78 is 13.3. The van der Waals surface area contributed by atoms with E-state index in [2.05, 4.69) is 16.2 Å². The molecule has 7 heteroatoms. The maximum atomic E-state index is 9.58. The van der Waals surface area contributed by atoms with Gasteiger partial charge in [0.15, 0.2) is 5.82 Å². The monoisotopic (exact) mass is 363 g/mol. The predicted octanol–water partition coefficient (Wildman–Crippen LogP) is 3.08. The highest BCUT2D eigenvalue weighted by molar-refractivity contribution is 5.93. The van der Waals surface area contributed by atoms with Crippen molar-refractivity contribution in [3.8, 4) is 11.9 Å². The Morgan fingerprint density at radius 1 is 1.22 bits per heavy atom. The van der Waals surface area contributed by atoms with Crippen LogP contribution >= 0.6 is 0 Å². The number of rotatable bonds is 4. The van der Waals surface area contributed by atoms with Crippen LogP contribution in [-0.4, -0.2) is 28.0 Å². The molecule has 0 amide bonds. The van der Waals surface area contributed by atoms with Crippen molar-refractivity contribution in [2.45, 2.75) is 25.5 Å². The van der Waals surface area contributed by atoms with Crippen LogP contribution in [0.25, 0.3) is 10.9 Å². The number of hydrogen-bond acceptors (Lipinski definition) is 6. The van der Waals surface area contributed by atoms with Crippen LogP contribution in [0.15, 0.2) is 42.6 Å². The van der Waals surface area contributed by atoms with Crippen molar-refractivity contribution < 1.29 is 9.47 Å². The van der Waals surface area contributed by atoms with Gasteiger partial charge in [0, 0.05) is 19.4 Å². The third kappa shape index (κ3) is 3.44. The molecule has 1 fully saturated rings. The molecule has 3 aromatic rings. The lowest BCUT2D eigenvalue weighted by Gasteiger charge is -2.20. The Kier molecular flexibility index (Phi) is 4.90. The number of benzene rings is 1. The summed E-state index contributed by atoms with van der Waals surface area (Å²) in [4.78, 5) is 4.35. The van der Waals surface area contributed by atoms with Gasteiger partial charge in [0.2, 0.25) is 5.88 Å². The van der Waals surface area contributed by atoms with E-state index in [1.54, 1.807) is 6.20 Å². The van der Waals surface area contributed by atoms with Crippen molar-refractivity contribution in [3.05, 3.63) is 48.2 Å². The number of nitrogen functional groups attached to an aromatic ring is 1. The minimum Gasteiger partial charge on any atom is -0.472 e. The third-order valence-corrected chi connectivity index (χ3v) is 4.91. The Balaban J connectivity index is 1.69. The Labute approximate surface area is 157 Å². The average molecular weight is 363 g/mol. The standard InChI is InChI=1S/C20H21N5O2/c21-12-15-7-10-26-11-8-16(15)25-17-6-9-23-20(18(17)19(22)24-25)27-13-14-4-2-1-3-5-14/h1-6,9,15-16H,7-8,10-11,13H2,(H2,22,24)/t15-,16-/m1/s1. The van der Waals surface area contributed by atoms with Gasteiger partial charge in [-0.05, 0) is 24.5 Å². The van der Waals surface area contributed by atoms with Crippen LogP contribution < -0.4 is 10.5 Å². The molecule has 0 saturated carbocycles. The summed E-state index contributed by atoms with van der Waals surface area (Å²) in [7, 11) is 0. The van der Waals surface area contributed by atoms with Gasteiger partial charge in [-0.1, -0.05) is 30.3 Å². The van der Waals surface area contributed by atoms with Crippen molar-refractivity contribution in [1.29, 1.82) is 5.26 Å². The quantitative estimate of drug-likeness (QED) is 0.765. The van der Waals surface area contributed by atoms with E-state index in [4.69, 9.17) is 15.2 Å². The van der Waals surface area contributed by atoms with Crippen LogP contribution in [-0.2, 0) is 11.3 Å². The highest BCUT2D eigenvalue weighted by atomic mass is 16.5. The molecule has 0 unspecified atom stereocenters. The van der Waals surface area contributed by atoms with E-state index < -0.39 is 0 Å². The van der Waals surface area contributed by atoms with Gasteiger partial charge in [-0.2, -0.15) is 10.4 Å². The van der Waals surface area contributed by atoms with E-state index >= 15 is 0 Å². The van der Waals surface area contributed by atoms with Gasteiger partial charge in [-0.3, -0.25) is 4.68 Å². The minimum atomic E-state index is -0.170. The SMILES string of the molecule is N#C[C@H]1CCOCC[C@H]1n1nc(N)c2c(OCc3ccccc3)nccc21. The molecule has 2 aromatic heterocycles. The van der Waals surface area contributed by atoms with Gasteiger partial charge in [-0.15, -0.1) is 0 Å². The van der Waals surface area contributed by atoms with Gasteiger partial charge >= 0.3 is 0 Å². The molecule has 4 rings (SSSR count). The fourth-order valence-corrected chi connectivity index (χ4v) is 3.53. The Morgan fingerprint density at radius 3 is 2.85 bits per heavy atom.